The van der Waals surface area contributed by atoms with Gasteiger partial charge >= 0.3 is 0 Å². The number of nitrogens with one attached hydrogen (secondary N) is 2. The molecule has 0 spiro atoms. The number of thiazole rings is 1. The minimum absolute atomic E-state index is 0. The van der Waals surface area contributed by atoms with Crippen LogP contribution in [0, 0.1) is 0 Å². The lowest BCUT2D eigenvalue weighted by Gasteiger charge is -2.22. The molecule has 1 amide bonds. The predicted octanol–water partition coefficient (Wildman–Crippen LogP) is 2.86. The van der Waals surface area contributed by atoms with Gasteiger partial charge in [0.15, 0.2) is 22.3 Å². The average Bonchev–Trinajstić information content (AvgIpc) is 3.33. The monoisotopic (exact) mass is 421 g/mol. The number of anilines is 1. The molecule has 0 radical (unpaired) electrons. The number of aromatic nitrogens is 3. The Balaban J connectivity index is 0.00000192. The first kappa shape index (κ1) is 19.0. The fourth-order valence-corrected chi connectivity index (χ4v) is 4.27. The summed E-state index contributed by atoms with van der Waals surface area (Å²) in [6.45, 7) is 3.00. The lowest BCUT2D eigenvalue weighted by atomic mass is 10.1. The number of fused-ring (bicyclic) bond motifs is 2. The van der Waals surface area contributed by atoms with E-state index in [1.54, 1.807) is 6.07 Å². The molecule has 1 atom stereocenters. The third-order valence-corrected chi connectivity index (χ3v) is 5.69. The van der Waals surface area contributed by atoms with Crippen molar-refractivity contribution < 1.29 is 14.3 Å². The minimum atomic E-state index is -0.256. The lowest BCUT2D eigenvalue weighted by Crippen LogP contribution is -2.32. The largest absolute Gasteiger partial charge is 0.486 e. The molecule has 0 bridgehead atoms. The Labute approximate surface area is 171 Å². The smallest absolute Gasteiger partial charge is 0.277 e. The second kappa shape index (κ2) is 7.94. The van der Waals surface area contributed by atoms with Gasteiger partial charge in [0.1, 0.15) is 13.2 Å². The van der Waals surface area contributed by atoms with E-state index in [0.717, 1.165) is 41.9 Å². The molecule has 1 saturated heterocycles. The van der Waals surface area contributed by atoms with Crippen LogP contribution in [0.5, 0.6) is 11.5 Å². The minimum Gasteiger partial charge on any atom is -0.486 e. The molecule has 2 aliphatic rings. The molecule has 2 aliphatic heterocycles. The Hall–Kier alpha value is -2.36. The van der Waals surface area contributed by atoms with Crippen LogP contribution >= 0.6 is 23.7 Å². The molecule has 3 aromatic rings. The number of halogens is 1. The second-order valence-corrected chi connectivity index (χ2v) is 7.65. The van der Waals surface area contributed by atoms with Crippen LogP contribution in [0.4, 0.5) is 5.13 Å². The highest BCUT2D eigenvalue weighted by molar-refractivity contribution is 7.22. The summed E-state index contributed by atoms with van der Waals surface area (Å²) in [5, 5.41) is 11.2. The molecule has 0 saturated carbocycles. The van der Waals surface area contributed by atoms with Gasteiger partial charge in [-0.05, 0) is 25.5 Å². The zero-order valence-electron chi connectivity index (χ0n) is 15.0. The zero-order valence-corrected chi connectivity index (χ0v) is 16.6. The van der Waals surface area contributed by atoms with Crippen LogP contribution in [-0.2, 0) is 0 Å². The first-order chi connectivity index (χ1) is 13.3. The number of hydrogen-bond donors (Lipinski definition) is 2. The number of carbonyl (C=O) groups is 1. The molecule has 2 aromatic heterocycles. The number of benzene rings is 1. The summed E-state index contributed by atoms with van der Waals surface area (Å²) in [6, 6.07) is 5.80. The number of amides is 1. The summed E-state index contributed by atoms with van der Waals surface area (Å²) in [6.07, 6.45) is 4.06. The molecule has 1 fully saturated rings. The van der Waals surface area contributed by atoms with Crippen LogP contribution in [0.2, 0.25) is 0 Å². The van der Waals surface area contributed by atoms with Crippen LogP contribution < -0.4 is 20.1 Å². The van der Waals surface area contributed by atoms with Crippen molar-refractivity contribution in [2.45, 2.75) is 18.9 Å². The highest BCUT2D eigenvalue weighted by atomic mass is 35.5. The maximum absolute atomic E-state index is 12.6. The fourth-order valence-electron chi connectivity index (χ4n) is 3.40. The molecule has 10 heteroatoms. The van der Waals surface area contributed by atoms with E-state index in [2.05, 4.69) is 20.7 Å². The van der Waals surface area contributed by atoms with Crippen molar-refractivity contribution in [1.29, 1.82) is 0 Å². The van der Waals surface area contributed by atoms with Gasteiger partial charge in [-0.3, -0.25) is 14.8 Å². The van der Waals surface area contributed by atoms with Crippen LogP contribution in [-0.4, -0.2) is 47.0 Å². The predicted molar refractivity (Wildman–Crippen MR) is 109 cm³/mol. The Morgan fingerprint density at radius 3 is 2.89 bits per heavy atom. The Bertz CT molecular complexity index is 955. The van der Waals surface area contributed by atoms with Gasteiger partial charge in [-0.15, -0.1) is 12.4 Å². The van der Waals surface area contributed by atoms with E-state index >= 15 is 0 Å². The van der Waals surface area contributed by atoms with Gasteiger partial charge in [0, 0.05) is 24.9 Å². The second-order valence-electron chi connectivity index (χ2n) is 6.62. The summed E-state index contributed by atoms with van der Waals surface area (Å²) in [4.78, 5) is 17.0. The molecule has 28 heavy (non-hydrogen) atoms. The fraction of sp³-hybridized carbons (Fsp3) is 0.389. The van der Waals surface area contributed by atoms with Crippen molar-refractivity contribution in [3.8, 4) is 11.5 Å². The van der Waals surface area contributed by atoms with Gasteiger partial charge in [-0.1, -0.05) is 11.3 Å². The molecule has 1 aromatic carbocycles. The molecular formula is C18H20ClN5O3S. The molecule has 1 unspecified atom stereocenters. The topological polar surface area (TPSA) is 90.3 Å². The molecule has 4 heterocycles. The number of ether oxygens (including phenoxy) is 2. The van der Waals surface area contributed by atoms with Gasteiger partial charge in [0.2, 0.25) is 0 Å². The van der Waals surface area contributed by atoms with Crippen molar-refractivity contribution >= 4 is 45.0 Å². The van der Waals surface area contributed by atoms with Crippen molar-refractivity contribution in [2.24, 2.45) is 0 Å². The van der Waals surface area contributed by atoms with Crippen molar-refractivity contribution in [1.82, 2.24) is 20.1 Å². The Morgan fingerprint density at radius 1 is 1.29 bits per heavy atom. The lowest BCUT2D eigenvalue weighted by molar-refractivity contribution is 0.102. The zero-order chi connectivity index (χ0) is 18.2. The Morgan fingerprint density at radius 2 is 2.11 bits per heavy atom. The maximum Gasteiger partial charge on any atom is 0.277 e. The maximum atomic E-state index is 12.6. The van der Waals surface area contributed by atoms with E-state index in [4.69, 9.17) is 9.47 Å². The molecule has 0 aliphatic carbocycles. The number of nitrogens with zero attached hydrogens (tertiary/aromatic N) is 3. The summed E-state index contributed by atoms with van der Waals surface area (Å²) in [5.74, 6) is 1.15. The quantitative estimate of drug-likeness (QED) is 0.675. The molecule has 2 N–H and O–H groups in total. The number of hydrogen-bond acceptors (Lipinski definition) is 7. The molecule has 8 nitrogen and oxygen atoms in total. The van der Waals surface area contributed by atoms with E-state index in [1.165, 1.54) is 11.3 Å². The summed E-state index contributed by atoms with van der Waals surface area (Å²) < 4.78 is 14.0. The number of carbonyl (C=O) groups excluding carboxylic acids is 1. The third kappa shape index (κ3) is 3.65. The third-order valence-electron chi connectivity index (χ3n) is 4.76. The van der Waals surface area contributed by atoms with Gasteiger partial charge < -0.3 is 14.8 Å². The summed E-state index contributed by atoms with van der Waals surface area (Å²) in [5.41, 5.74) is 1.17. The van der Waals surface area contributed by atoms with Gasteiger partial charge in [0.25, 0.3) is 5.91 Å². The first-order valence-electron chi connectivity index (χ1n) is 9.04. The van der Waals surface area contributed by atoms with E-state index in [-0.39, 0.29) is 18.3 Å². The van der Waals surface area contributed by atoms with Crippen LogP contribution in [0.25, 0.3) is 10.2 Å². The number of rotatable bonds is 3. The molecule has 148 valence electrons. The van der Waals surface area contributed by atoms with Crippen LogP contribution in [0.15, 0.2) is 24.4 Å². The highest BCUT2D eigenvalue weighted by Crippen LogP contribution is 2.37. The SMILES string of the molecule is Cl.O=C(Nc1nc2cc3c(cc2s1)OCCO3)c1ccn(C2CCCNC2)n1. The summed E-state index contributed by atoms with van der Waals surface area (Å²) >= 11 is 1.40. The highest BCUT2D eigenvalue weighted by Gasteiger charge is 2.19. The van der Waals surface area contributed by atoms with Gasteiger partial charge in [-0.25, -0.2) is 4.98 Å². The molecule has 5 rings (SSSR count). The van der Waals surface area contributed by atoms with Crippen molar-refractivity contribution in [3.05, 3.63) is 30.1 Å². The van der Waals surface area contributed by atoms with Gasteiger partial charge in [-0.2, -0.15) is 5.10 Å². The standard InChI is InChI=1S/C18H19N5O3S.ClH/c24-17(12-3-5-23(22-12)11-2-1-4-19-10-11)21-18-20-13-8-14-15(9-16(13)27-18)26-7-6-25-14;/h3,5,8-9,11,19H,1-2,4,6-7,10H2,(H,20,21,24);1H. The first-order valence-corrected chi connectivity index (χ1v) is 9.85. The van der Waals surface area contributed by atoms with E-state index < -0.39 is 0 Å². The van der Waals surface area contributed by atoms with Gasteiger partial charge in [0.05, 0.1) is 16.3 Å². The van der Waals surface area contributed by atoms with Crippen LogP contribution in [0.1, 0.15) is 29.4 Å². The summed E-state index contributed by atoms with van der Waals surface area (Å²) in [7, 11) is 0. The van der Waals surface area contributed by atoms with E-state index in [0.29, 0.717) is 35.8 Å². The van der Waals surface area contributed by atoms with Crippen LogP contribution in [0.3, 0.4) is 0 Å². The van der Waals surface area contributed by atoms with Crippen molar-refractivity contribution in [3.63, 3.8) is 0 Å². The van der Waals surface area contributed by atoms with E-state index in [9.17, 15) is 4.79 Å². The molecular weight excluding hydrogens is 402 g/mol. The van der Waals surface area contributed by atoms with E-state index in [1.807, 2.05) is 23.0 Å². The van der Waals surface area contributed by atoms with Crippen molar-refractivity contribution in [2.75, 3.05) is 31.6 Å². The normalized spacial score (nSPS) is 18.5. The Kier molecular flexibility index (Phi) is 5.38. The average molecular weight is 422 g/mol. The number of piperidine rings is 1.